The zero-order valence-corrected chi connectivity index (χ0v) is 16.5. The van der Waals surface area contributed by atoms with Gasteiger partial charge < -0.3 is 4.90 Å². The number of imide groups is 1. The summed E-state index contributed by atoms with van der Waals surface area (Å²) in [5.41, 5.74) is 1.27. The number of rotatable bonds is 4. The Morgan fingerprint density at radius 2 is 1.75 bits per heavy atom. The fourth-order valence-corrected chi connectivity index (χ4v) is 4.91. The van der Waals surface area contributed by atoms with E-state index in [2.05, 4.69) is 15.1 Å². The van der Waals surface area contributed by atoms with Crippen molar-refractivity contribution in [2.24, 2.45) is 5.92 Å². The Kier molecular flexibility index (Phi) is 5.95. The number of hydrogen-bond acceptors (Lipinski definition) is 4. The van der Waals surface area contributed by atoms with Crippen LogP contribution < -0.4 is 10.2 Å². The van der Waals surface area contributed by atoms with Gasteiger partial charge in [-0.05, 0) is 42.9 Å². The second kappa shape index (κ2) is 8.60. The Hall–Kier alpha value is -1.95. The molecule has 1 unspecified atom stereocenters. The average Bonchev–Trinajstić information content (AvgIpc) is 2.69. The van der Waals surface area contributed by atoms with E-state index in [0.29, 0.717) is 24.1 Å². The highest BCUT2D eigenvalue weighted by atomic mass is 19.1. The molecule has 2 heterocycles. The fraction of sp³-hybridized carbons (Fsp3) is 0.636. The molecule has 6 heteroatoms. The van der Waals surface area contributed by atoms with Gasteiger partial charge in [-0.2, -0.15) is 0 Å². The molecule has 4 rings (SSSR count). The predicted molar refractivity (Wildman–Crippen MR) is 107 cm³/mol. The third-order valence-electron chi connectivity index (χ3n) is 6.57. The first-order chi connectivity index (χ1) is 13.6. The number of carbonyl (C=O) groups is 2. The predicted octanol–water partition coefficient (Wildman–Crippen LogP) is 3.05. The van der Waals surface area contributed by atoms with Gasteiger partial charge in [0.1, 0.15) is 5.82 Å². The molecule has 1 aliphatic carbocycles. The smallest absolute Gasteiger partial charge is 0.234 e. The molecule has 1 aromatic rings. The number of hydrogen-bond donors (Lipinski definition) is 1. The standard InChI is InChI=1S/C22H30FN3O2/c23-19-14-17(18-7-9-21(27)24-22(18)28)6-8-20(19)26-12-10-25(11-13-26)15-16-4-2-1-3-5-16/h6,8,14,16,18H,1-5,7,9-13,15H2,(H,24,27,28). The molecule has 0 bridgehead atoms. The molecule has 2 aliphatic heterocycles. The van der Waals surface area contributed by atoms with Crippen molar-refractivity contribution in [1.29, 1.82) is 0 Å². The summed E-state index contributed by atoms with van der Waals surface area (Å²) in [6, 6.07) is 5.11. The van der Waals surface area contributed by atoms with E-state index >= 15 is 0 Å². The van der Waals surface area contributed by atoms with Crippen LogP contribution >= 0.6 is 0 Å². The summed E-state index contributed by atoms with van der Waals surface area (Å²) in [6.45, 7) is 4.81. The van der Waals surface area contributed by atoms with Crippen molar-refractivity contribution in [2.75, 3.05) is 37.6 Å². The number of benzene rings is 1. The number of piperidine rings is 1. The van der Waals surface area contributed by atoms with Gasteiger partial charge in [0.15, 0.2) is 0 Å². The number of piperazine rings is 1. The van der Waals surface area contributed by atoms with Crippen LogP contribution in [0.4, 0.5) is 10.1 Å². The highest BCUT2D eigenvalue weighted by Gasteiger charge is 2.29. The Morgan fingerprint density at radius 1 is 1.00 bits per heavy atom. The number of carbonyl (C=O) groups excluding carboxylic acids is 2. The Balaban J connectivity index is 1.35. The molecule has 3 fully saturated rings. The van der Waals surface area contributed by atoms with Crippen molar-refractivity contribution in [3.63, 3.8) is 0 Å². The van der Waals surface area contributed by atoms with Crippen molar-refractivity contribution in [3.05, 3.63) is 29.6 Å². The summed E-state index contributed by atoms with van der Waals surface area (Å²) >= 11 is 0. The van der Waals surface area contributed by atoms with E-state index in [4.69, 9.17) is 0 Å². The van der Waals surface area contributed by atoms with Gasteiger partial charge in [0.25, 0.3) is 0 Å². The van der Waals surface area contributed by atoms with E-state index in [-0.39, 0.29) is 17.6 Å². The fourth-order valence-electron chi connectivity index (χ4n) is 4.91. The Bertz CT molecular complexity index is 724. The van der Waals surface area contributed by atoms with E-state index in [0.717, 1.165) is 32.1 Å². The SMILES string of the molecule is O=C1CCC(c2ccc(N3CCN(CC4CCCCC4)CC3)c(F)c2)C(=O)N1. The zero-order valence-electron chi connectivity index (χ0n) is 16.5. The molecule has 5 nitrogen and oxygen atoms in total. The van der Waals surface area contributed by atoms with Gasteiger partial charge in [-0.1, -0.05) is 25.3 Å². The zero-order chi connectivity index (χ0) is 19.5. The Morgan fingerprint density at radius 3 is 2.43 bits per heavy atom. The van der Waals surface area contributed by atoms with Crippen LogP contribution in [0.2, 0.25) is 0 Å². The van der Waals surface area contributed by atoms with Gasteiger partial charge in [-0.3, -0.25) is 19.8 Å². The molecule has 1 aromatic carbocycles. The summed E-state index contributed by atoms with van der Waals surface area (Å²) in [5.74, 6) is -0.439. The van der Waals surface area contributed by atoms with Gasteiger partial charge in [0.2, 0.25) is 11.8 Å². The van der Waals surface area contributed by atoms with Gasteiger partial charge in [0.05, 0.1) is 11.6 Å². The molecule has 1 N–H and O–H groups in total. The number of amides is 2. The summed E-state index contributed by atoms with van der Waals surface area (Å²) in [5, 5.41) is 2.35. The van der Waals surface area contributed by atoms with Crippen molar-refractivity contribution in [2.45, 2.75) is 50.9 Å². The molecule has 1 atom stereocenters. The quantitative estimate of drug-likeness (QED) is 0.807. The number of nitrogens with one attached hydrogen (secondary N) is 1. The van der Waals surface area contributed by atoms with Crippen molar-refractivity contribution in [3.8, 4) is 0 Å². The van der Waals surface area contributed by atoms with Crippen LogP contribution in [-0.2, 0) is 9.59 Å². The van der Waals surface area contributed by atoms with Gasteiger partial charge in [0, 0.05) is 39.1 Å². The second-order valence-electron chi connectivity index (χ2n) is 8.51. The summed E-state index contributed by atoms with van der Waals surface area (Å²) < 4.78 is 14.8. The maximum atomic E-state index is 14.8. The van der Waals surface area contributed by atoms with Crippen LogP contribution in [0.1, 0.15) is 56.4 Å². The van der Waals surface area contributed by atoms with Crippen LogP contribution in [-0.4, -0.2) is 49.4 Å². The van der Waals surface area contributed by atoms with Crippen LogP contribution in [0.3, 0.4) is 0 Å². The lowest BCUT2D eigenvalue weighted by atomic mass is 9.89. The molecule has 2 amide bonds. The number of anilines is 1. The lowest BCUT2D eigenvalue weighted by Crippen LogP contribution is -2.48. The van der Waals surface area contributed by atoms with Crippen molar-refractivity contribution in [1.82, 2.24) is 10.2 Å². The first-order valence-electron chi connectivity index (χ1n) is 10.7. The molecule has 152 valence electrons. The summed E-state index contributed by atoms with van der Waals surface area (Å²) in [4.78, 5) is 28.0. The molecule has 2 saturated heterocycles. The van der Waals surface area contributed by atoms with E-state index in [1.54, 1.807) is 6.07 Å². The number of halogens is 1. The van der Waals surface area contributed by atoms with Crippen molar-refractivity contribution >= 4 is 17.5 Å². The molecule has 1 saturated carbocycles. The Labute approximate surface area is 166 Å². The topological polar surface area (TPSA) is 52.7 Å². The van der Waals surface area contributed by atoms with Gasteiger partial charge in [-0.25, -0.2) is 4.39 Å². The minimum atomic E-state index is -0.436. The minimum Gasteiger partial charge on any atom is -0.367 e. The molecular formula is C22H30FN3O2. The van der Waals surface area contributed by atoms with E-state index in [1.807, 2.05) is 6.07 Å². The van der Waals surface area contributed by atoms with E-state index in [1.165, 1.54) is 44.7 Å². The maximum absolute atomic E-state index is 14.8. The molecule has 3 aliphatic rings. The highest BCUT2D eigenvalue weighted by Crippen LogP contribution is 2.30. The third-order valence-corrected chi connectivity index (χ3v) is 6.57. The highest BCUT2D eigenvalue weighted by molar-refractivity contribution is 6.00. The van der Waals surface area contributed by atoms with E-state index < -0.39 is 5.92 Å². The van der Waals surface area contributed by atoms with Gasteiger partial charge >= 0.3 is 0 Å². The minimum absolute atomic E-state index is 0.246. The first-order valence-corrected chi connectivity index (χ1v) is 10.7. The normalized spacial score (nSPS) is 25.0. The summed E-state index contributed by atoms with van der Waals surface area (Å²) in [6.07, 6.45) is 7.60. The lowest BCUT2D eigenvalue weighted by Gasteiger charge is -2.38. The molecule has 0 radical (unpaired) electrons. The molecular weight excluding hydrogens is 357 g/mol. The van der Waals surface area contributed by atoms with Crippen LogP contribution in [0.15, 0.2) is 18.2 Å². The largest absolute Gasteiger partial charge is 0.367 e. The average molecular weight is 387 g/mol. The molecule has 28 heavy (non-hydrogen) atoms. The van der Waals surface area contributed by atoms with E-state index in [9.17, 15) is 14.0 Å². The third kappa shape index (κ3) is 4.37. The summed E-state index contributed by atoms with van der Waals surface area (Å²) in [7, 11) is 0. The van der Waals surface area contributed by atoms with Crippen LogP contribution in [0, 0.1) is 11.7 Å². The monoisotopic (exact) mass is 387 g/mol. The lowest BCUT2D eigenvalue weighted by molar-refractivity contribution is -0.134. The van der Waals surface area contributed by atoms with Crippen molar-refractivity contribution < 1.29 is 14.0 Å². The van der Waals surface area contributed by atoms with Gasteiger partial charge in [-0.15, -0.1) is 0 Å². The molecule has 0 spiro atoms. The maximum Gasteiger partial charge on any atom is 0.234 e. The first kappa shape index (κ1) is 19.4. The number of nitrogens with zero attached hydrogens (tertiary/aromatic N) is 2. The van der Waals surface area contributed by atoms with Crippen LogP contribution in [0.5, 0.6) is 0 Å². The second-order valence-corrected chi connectivity index (χ2v) is 8.51. The van der Waals surface area contributed by atoms with Crippen LogP contribution in [0.25, 0.3) is 0 Å². The molecule has 0 aromatic heterocycles.